The van der Waals surface area contributed by atoms with Gasteiger partial charge in [0.25, 0.3) is 5.91 Å². The molecular formula is C13H23NOS. The van der Waals surface area contributed by atoms with Gasteiger partial charge in [0.1, 0.15) is 0 Å². The SMILES string of the molecule is CCCCN1C(=O)C(C)=C(C)[C@@H]1SCCC. The molecule has 1 amide bonds. The van der Waals surface area contributed by atoms with Gasteiger partial charge >= 0.3 is 0 Å². The summed E-state index contributed by atoms with van der Waals surface area (Å²) in [6.07, 6.45) is 3.42. The molecule has 2 nitrogen and oxygen atoms in total. The first-order valence-corrected chi connectivity index (χ1v) is 7.28. The van der Waals surface area contributed by atoms with Gasteiger partial charge in [-0.2, -0.15) is 0 Å². The van der Waals surface area contributed by atoms with Crippen LogP contribution in [0, 0.1) is 0 Å². The zero-order chi connectivity index (χ0) is 12.1. The lowest BCUT2D eigenvalue weighted by molar-refractivity contribution is -0.125. The van der Waals surface area contributed by atoms with Gasteiger partial charge in [0.15, 0.2) is 0 Å². The molecule has 0 radical (unpaired) electrons. The number of rotatable bonds is 6. The van der Waals surface area contributed by atoms with Crippen LogP contribution in [-0.2, 0) is 4.79 Å². The minimum atomic E-state index is 0.250. The minimum Gasteiger partial charge on any atom is -0.323 e. The molecule has 0 unspecified atom stereocenters. The Hall–Kier alpha value is -0.440. The van der Waals surface area contributed by atoms with Crippen molar-refractivity contribution in [3.63, 3.8) is 0 Å². The van der Waals surface area contributed by atoms with Gasteiger partial charge in [0, 0.05) is 12.1 Å². The third-order valence-corrected chi connectivity index (χ3v) is 4.63. The summed E-state index contributed by atoms with van der Waals surface area (Å²) in [4.78, 5) is 14.1. The number of unbranched alkanes of at least 4 members (excludes halogenated alkanes) is 1. The summed E-state index contributed by atoms with van der Waals surface area (Å²) in [5, 5.41) is 0.305. The molecule has 1 atom stereocenters. The van der Waals surface area contributed by atoms with Gasteiger partial charge in [0.05, 0.1) is 5.37 Å². The van der Waals surface area contributed by atoms with Crippen molar-refractivity contribution in [2.24, 2.45) is 0 Å². The molecule has 0 N–H and O–H groups in total. The van der Waals surface area contributed by atoms with Gasteiger partial charge < -0.3 is 4.90 Å². The van der Waals surface area contributed by atoms with Gasteiger partial charge in [-0.25, -0.2) is 0 Å². The van der Waals surface area contributed by atoms with Crippen LogP contribution in [0.3, 0.4) is 0 Å². The molecule has 3 heteroatoms. The summed E-state index contributed by atoms with van der Waals surface area (Å²) in [5.74, 6) is 1.38. The molecule has 92 valence electrons. The Morgan fingerprint density at radius 2 is 1.94 bits per heavy atom. The summed E-state index contributed by atoms with van der Waals surface area (Å²) in [6, 6.07) is 0. The van der Waals surface area contributed by atoms with E-state index in [9.17, 15) is 4.79 Å². The number of thioether (sulfide) groups is 1. The van der Waals surface area contributed by atoms with Crippen molar-refractivity contribution in [2.45, 2.75) is 52.3 Å². The predicted molar refractivity (Wildman–Crippen MR) is 71.5 cm³/mol. The van der Waals surface area contributed by atoms with E-state index in [2.05, 4.69) is 25.7 Å². The number of carbonyl (C=O) groups excluding carboxylic acids is 1. The highest BCUT2D eigenvalue weighted by molar-refractivity contribution is 8.00. The Morgan fingerprint density at radius 1 is 1.25 bits per heavy atom. The fourth-order valence-electron chi connectivity index (χ4n) is 1.90. The number of hydrogen-bond acceptors (Lipinski definition) is 2. The van der Waals surface area contributed by atoms with Gasteiger partial charge in [-0.1, -0.05) is 20.3 Å². The molecule has 0 fully saturated rings. The van der Waals surface area contributed by atoms with Crippen molar-refractivity contribution >= 4 is 17.7 Å². The Kier molecular flexibility index (Phi) is 5.39. The third-order valence-electron chi connectivity index (χ3n) is 3.06. The quantitative estimate of drug-likeness (QED) is 0.710. The summed E-state index contributed by atoms with van der Waals surface area (Å²) in [6.45, 7) is 9.33. The first-order chi connectivity index (χ1) is 7.63. The Balaban J connectivity index is 2.70. The van der Waals surface area contributed by atoms with Crippen LogP contribution in [0.25, 0.3) is 0 Å². The van der Waals surface area contributed by atoms with Crippen LogP contribution < -0.4 is 0 Å². The highest BCUT2D eigenvalue weighted by Gasteiger charge is 2.33. The van der Waals surface area contributed by atoms with Gasteiger partial charge in [-0.3, -0.25) is 4.79 Å². The van der Waals surface area contributed by atoms with E-state index < -0.39 is 0 Å². The first kappa shape index (κ1) is 13.6. The van der Waals surface area contributed by atoms with Crippen LogP contribution >= 0.6 is 11.8 Å². The highest BCUT2D eigenvalue weighted by atomic mass is 32.2. The predicted octanol–water partition coefficient (Wildman–Crippen LogP) is 3.43. The van der Waals surface area contributed by atoms with Crippen molar-refractivity contribution < 1.29 is 4.79 Å². The van der Waals surface area contributed by atoms with E-state index in [0.717, 1.165) is 30.7 Å². The first-order valence-electron chi connectivity index (χ1n) is 6.23. The summed E-state index contributed by atoms with van der Waals surface area (Å²) in [7, 11) is 0. The number of hydrogen-bond donors (Lipinski definition) is 0. The Bertz CT molecular complexity index is 286. The van der Waals surface area contributed by atoms with Crippen molar-refractivity contribution in [1.82, 2.24) is 4.90 Å². The number of carbonyl (C=O) groups is 1. The molecule has 1 heterocycles. The van der Waals surface area contributed by atoms with E-state index in [4.69, 9.17) is 0 Å². The van der Waals surface area contributed by atoms with Crippen molar-refractivity contribution in [1.29, 1.82) is 0 Å². The second-order valence-electron chi connectivity index (χ2n) is 4.38. The van der Waals surface area contributed by atoms with E-state index in [1.807, 2.05) is 18.7 Å². The van der Waals surface area contributed by atoms with Crippen LogP contribution in [0.15, 0.2) is 11.1 Å². The smallest absolute Gasteiger partial charge is 0.250 e. The second-order valence-corrected chi connectivity index (χ2v) is 5.57. The minimum absolute atomic E-state index is 0.250. The molecule has 0 saturated heterocycles. The molecule has 1 aliphatic heterocycles. The fraction of sp³-hybridized carbons (Fsp3) is 0.769. The monoisotopic (exact) mass is 241 g/mol. The Labute approximate surface area is 103 Å². The summed E-state index contributed by atoms with van der Waals surface area (Å²) >= 11 is 1.91. The lowest BCUT2D eigenvalue weighted by Gasteiger charge is -2.25. The number of amides is 1. The van der Waals surface area contributed by atoms with Crippen molar-refractivity contribution in [3.8, 4) is 0 Å². The maximum absolute atomic E-state index is 12.0. The van der Waals surface area contributed by atoms with E-state index in [-0.39, 0.29) is 5.91 Å². The van der Waals surface area contributed by atoms with Crippen LogP contribution in [0.4, 0.5) is 0 Å². The van der Waals surface area contributed by atoms with Crippen LogP contribution in [-0.4, -0.2) is 28.5 Å². The van der Waals surface area contributed by atoms with E-state index >= 15 is 0 Å². The van der Waals surface area contributed by atoms with E-state index in [1.165, 1.54) is 12.0 Å². The molecule has 0 spiro atoms. The normalized spacial score (nSPS) is 21.1. The fourth-order valence-corrected chi connectivity index (χ4v) is 3.17. The molecule has 1 aliphatic rings. The van der Waals surface area contributed by atoms with Crippen LogP contribution in [0.1, 0.15) is 47.0 Å². The molecular weight excluding hydrogens is 218 g/mol. The average molecular weight is 241 g/mol. The highest BCUT2D eigenvalue weighted by Crippen LogP contribution is 2.33. The van der Waals surface area contributed by atoms with Crippen LogP contribution in [0.2, 0.25) is 0 Å². The van der Waals surface area contributed by atoms with E-state index in [1.54, 1.807) is 0 Å². The zero-order valence-corrected chi connectivity index (χ0v) is 11.7. The lowest BCUT2D eigenvalue weighted by Crippen LogP contribution is -2.34. The zero-order valence-electron chi connectivity index (χ0n) is 10.9. The van der Waals surface area contributed by atoms with Crippen molar-refractivity contribution in [2.75, 3.05) is 12.3 Å². The second kappa shape index (κ2) is 6.33. The third kappa shape index (κ3) is 2.82. The average Bonchev–Trinajstić information content (AvgIpc) is 2.49. The molecule has 0 aliphatic carbocycles. The summed E-state index contributed by atoms with van der Waals surface area (Å²) in [5.41, 5.74) is 2.23. The molecule has 0 aromatic carbocycles. The molecule has 0 aromatic rings. The lowest BCUT2D eigenvalue weighted by atomic mass is 10.2. The molecule has 0 saturated carbocycles. The molecule has 1 rings (SSSR count). The summed E-state index contributed by atoms with van der Waals surface area (Å²) < 4.78 is 0. The van der Waals surface area contributed by atoms with Crippen molar-refractivity contribution in [3.05, 3.63) is 11.1 Å². The Morgan fingerprint density at radius 3 is 2.50 bits per heavy atom. The largest absolute Gasteiger partial charge is 0.323 e. The molecule has 0 bridgehead atoms. The van der Waals surface area contributed by atoms with Gasteiger partial charge in [-0.15, -0.1) is 11.8 Å². The maximum Gasteiger partial charge on any atom is 0.250 e. The van der Waals surface area contributed by atoms with Gasteiger partial charge in [-0.05, 0) is 38.0 Å². The molecule has 0 aromatic heterocycles. The van der Waals surface area contributed by atoms with Gasteiger partial charge in [0.2, 0.25) is 0 Å². The maximum atomic E-state index is 12.0. The standard InChI is InChI=1S/C13H23NOS/c1-5-7-8-14-12(15)10(3)11(4)13(14)16-9-6-2/h13H,5-9H2,1-4H3/t13-/m0/s1. The molecule has 16 heavy (non-hydrogen) atoms. The topological polar surface area (TPSA) is 20.3 Å². The van der Waals surface area contributed by atoms with E-state index in [0.29, 0.717) is 5.37 Å². The van der Waals surface area contributed by atoms with Crippen LogP contribution in [0.5, 0.6) is 0 Å². The number of nitrogens with zero attached hydrogens (tertiary/aromatic N) is 1.